The maximum Gasteiger partial charge on any atom is 0.349 e. The zero-order valence-electron chi connectivity index (χ0n) is 10.2. The number of methoxy groups -OCH3 is 1. The number of rotatable bonds is 4. The number of hydrogen-bond donors (Lipinski definition) is 1. The van der Waals surface area contributed by atoms with Gasteiger partial charge in [-0.2, -0.15) is 4.39 Å². The van der Waals surface area contributed by atoms with E-state index in [0.717, 1.165) is 30.7 Å². The number of sulfonamides is 1. The molecule has 0 spiro atoms. The Hall–Kier alpha value is -2.00. The molecule has 0 saturated heterocycles. The van der Waals surface area contributed by atoms with E-state index in [1.807, 2.05) is 0 Å². The molecule has 0 radical (unpaired) electrons. The summed E-state index contributed by atoms with van der Waals surface area (Å²) < 4.78 is 43.7. The standard InChI is InChI=1S/C11H9FN2O4S2/c1-18-11(15)10-8(4-5-19-10)20(16,17)14-7-2-3-9(12)13-6-7/h2-6,14H,1H3. The van der Waals surface area contributed by atoms with Crippen molar-refractivity contribution < 1.29 is 22.3 Å². The van der Waals surface area contributed by atoms with Gasteiger partial charge in [-0.25, -0.2) is 18.2 Å². The second-order valence-electron chi connectivity index (χ2n) is 3.58. The van der Waals surface area contributed by atoms with Gasteiger partial charge in [0.05, 0.1) is 19.0 Å². The lowest BCUT2D eigenvalue weighted by Crippen LogP contribution is -2.15. The Morgan fingerprint density at radius 3 is 2.75 bits per heavy atom. The Morgan fingerprint density at radius 2 is 2.15 bits per heavy atom. The van der Waals surface area contributed by atoms with Crippen LogP contribution < -0.4 is 4.72 Å². The highest BCUT2D eigenvalue weighted by atomic mass is 32.2. The SMILES string of the molecule is COC(=O)c1sccc1S(=O)(=O)Nc1ccc(F)nc1. The number of carbonyl (C=O) groups is 1. The van der Waals surface area contributed by atoms with Gasteiger partial charge < -0.3 is 4.74 Å². The van der Waals surface area contributed by atoms with E-state index in [4.69, 9.17) is 0 Å². The average molecular weight is 316 g/mol. The Bertz CT molecular complexity index is 725. The monoisotopic (exact) mass is 316 g/mol. The summed E-state index contributed by atoms with van der Waals surface area (Å²) >= 11 is 0.953. The molecule has 0 saturated carbocycles. The molecule has 2 heterocycles. The molecule has 0 amide bonds. The third-order valence-electron chi connectivity index (χ3n) is 2.27. The molecule has 2 aromatic rings. The zero-order chi connectivity index (χ0) is 14.8. The molecule has 0 fully saturated rings. The summed E-state index contributed by atoms with van der Waals surface area (Å²) in [6.45, 7) is 0. The molecule has 106 valence electrons. The predicted molar refractivity (Wildman–Crippen MR) is 70.7 cm³/mol. The first-order valence-corrected chi connectivity index (χ1v) is 7.60. The lowest BCUT2D eigenvalue weighted by Gasteiger charge is -2.07. The molecular weight excluding hydrogens is 307 g/mol. The van der Waals surface area contributed by atoms with Crippen molar-refractivity contribution in [2.45, 2.75) is 4.90 Å². The van der Waals surface area contributed by atoms with Crippen molar-refractivity contribution >= 4 is 33.0 Å². The van der Waals surface area contributed by atoms with Crippen molar-refractivity contribution in [3.05, 3.63) is 40.6 Å². The van der Waals surface area contributed by atoms with Gasteiger partial charge in [-0.3, -0.25) is 4.72 Å². The van der Waals surface area contributed by atoms with E-state index in [9.17, 15) is 17.6 Å². The third kappa shape index (κ3) is 2.94. The molecule has 0 aliphatic heterocycles. The van der Waals surface area contributed by atoms with E-state index < -0.39 is 21.9 Å². The number of esters is 1. The van der Waals surface area contributed by atoms with Crippen LogP contribution in [0.4, 0.5) is 10.1 Å². The number of halogens is 1. The topological polar surface area (TPSA) is 85.4 Å². The summed E-state index contributed by atoms with van der Waals surface area (Å²) in [5, 5.41) is 1.46. The Morgan fingerprint density at radius 1 is 1.40 bits per heavy atom. The summed E-state index contributed by atoms with van der Waals surface area (Å²) in [7, 11) is -2.81. The number of nitrogens with one attached hydrogen (secondary N) is 1. The molecule has 2 rings (SSSR count). The molecule has 0 atom stereocenters. The number of ether oxygens (including phenoxy) is 1. The Balaban J connectivity index is 2.34. The van der Waals surface area contributed by atoms with E-state index in [2.05, 4.69) is 14.4 Å². The van der Waals surface area contributed by atoms with Crippen molar-refractivity contribution in [1.82, 2.24) is 4.98 Å². The largest absolute Gasteiger partial charge is 0.465 e. The Kier molecular flexibility index (Phi) is 4.00. The van der Waals surface area contributed by atoms with Crippen molar-refractivity contribution in [1.29, 1.82) is 0 Å². The van der Waals surface area contributed by atoms with Crippen LogP contribution in [-0.2, 0) is 14.8 Å². The van der Waals surface area contributed by atoms with Crippen molar-refractivity contribution in [2.24, 2.45) is 0 Å². The van der Waals surface area contributed by atoms with Crippen LogP contribution >= 0.6 is 11.3 Å². The molecule has 0 aliphatic carbocycles. The smallest absolute Gasteiger partial charge is 0.349 e. The number of anilines is 1. The minimum absolute atomic E-state index is 0.0323. The second kappa shape index (κ2) is 5.55. The van der Waals surface area contributed by atoms with Crippen LogP contribution in [0, 0.1) is 5.95 Å². The highest BCUT2D eigenvalue weighted by Gasteiger charge is 2.24. The van der Waals surface area contributed by atoms with Crippen molar-refractivity contribution in [2.75, 3.05) is 11.8 Å². The number of carbonyl (C=O) groups excluding carboxylic acids is 1. The zero-order valence-corrected chi connectivity index (χ0v) is 11.8. The minimum Gasteiger partial charge on any atom is -0.465 e. The number of nitrogens with zero attached hydrogens (tertiary/aromatic N) is 1. The molecule has 6 nitrogen and oxygen atoms in total. The molecule has 2 aromatic heterocycles. The normalized spacial score (nSPS) is 11.1. The summed E-state index contributed by atoms with van der Waals surface area (Å²) in [5.74, 6) is -1.46. The van der Waals surface area contributed by atoms with Gasteiger partial charge in [-0.05, 0) is 23.6 Å². The van der Waals surface area contributed by atoms with E-state index in [1.165, 1.54) is 17.5 Å². The lowest BCUT2D eigenvalue weighted by molar-refractivity contribution is 0.0602. The van der Waals surface area contributed by atoms with Gasteiger partial charge in [-0.1, -0.05) is 0 Å². The maximum atomic E-state index is 12.7. The minimum atomic E-state index is -3.97. The lowest BCUT2D eigenvalue weighted by atomic mass is 10.4. The number of hydrogen-bond acceptors (Lipinski definition) is 6. The quantitative estimate of drug-likeness (QED) is 0.687. The number of pyridine rings is 1. The molecule has 1 N–H and O–H groups in total. The number of aromatic nitrogens is 1. The van der Waals surface area contributed by atoms with Crippen molar-refractivity contribution in [3.63, 3.8) is 0 Å². The summed E-state index contributed by atoms with van der Waals surface area (Å²) in [6, 6.07) is 3.53. The number of thiophene rings is 1. The van der Waals surface area contributed by atoms with Crippen LogP contribution in [0.3, 0.4) is 0 Å². The fraction of sp³-hybridized carbons (Fsp3) is 0.0909. The fourth-order valence-electron chi connectivity index (χ4n) is 1.40. The predicted octanol–water partition coefficient (Wildman–Crippen LogP) is 1.87. The van der Waals surface area contributed by atoms with Crippen LogP contribution in [0.25, 0.3) is 0 Å². The molecule has 20 heavy (non-hydrogen) atoms. The molecule has 0 unspecified atom stereocenters. The second-order valence-corrected chi connectivity index (χ2v) is 6.15. The summed E-state index contributed by atoms with van der Waals surface area (Å²) in [6.07, 6.45) is 1.04. The van der Waals surface area contributed by atoms with Gasteiger partial charge in [0.2, 0.25) is 5.95 Å². The maximum absolute atomic E-state index is 12.7. The van der Waals surface area contributed by atoms with E-state index in [-0.39, 0.29) is 15.5 Å². The highest BCUT2D eigenvalue weighted by Crippen LogP contribution is 2.24. The molecule has 9 heteroatoms. The average Bonchev–Trinajstić information content (AvgIpc) is 2.90. The first-order chi connectivity index (χ1) is 9.44. The van der Waals surface area contributed by atoms with Gasteiger partial charge >= 0.3 is 5.97 Å². The fourth-order valence-corrected chi connectivity index (χ4v) is 3.78. The summed E-state index contributed by atoms with van der Waals surface area (Å²) in [5.41, 5.74) is 0.0911. The Labute approximate surface area is 118 Å². The van der Waals surface area contributed by atoms with Crippen molar-refractivity contribution in [3.8, 4) is 0 Å². The van der Waals surface area contributed by atoms with Gasteiger partial charge in [0.15, 0.2) is 0 Å². The highest BCUT2D eigenvalue weighted by molar-refractivity contribution is 7.93. The van der Waals surface area contributed by atoms with E-state index in [0.29, 0.717) is 0 Å². The van der Waals surface area contributed by atoms with E-state index >= 15 is 0 Å². The molecular formula is C11H9FN2O4S2. The first-order valence-electron chi connectivity index (χ1n) is 5.24. The molecule has 0 aliphatic rings. The van der Waals surface area contributed by atoms with Crippen LogP contribution in [0.15, 0.2) is 34.7 Å². The third-order valence-corrected chi connectivity index (χ3v) is 4.72. The first kappa shape index (κ1) is 14.4. The summed E-state index contributed by atoms with van der Waals surface area (Å²) in [4.78, 5) is 14.6. The van der Waals surface area contributed by atoms with Gasteiger partial charge in [0.25, 0.3) is 10.0 Å². The van der Waals surface area contributed by atoms with Gasteiger partial charge in [0.1, 0.15) is 9.77 Å². The van der Waals surface area contributed by atoms with Gasteiger partial charge in [0, 0.05) is 0 Å². The molecule has 0 bridgehead atoms. The van der Waals surface area contributed by atoms with Crippen LogP contribution in [0.5, 0.6) is 0 Å². The van der Waals surface area contributed by atoms with Crippen LogP contribution in [-0.4, -0.2) is 26.5 Å². The van der Waals surface area contributed by atoms with Crippen LogP contribution in [0.2, 0.25) is 0 Å². The molecule has 0 aromatic carbocycles. The van der Waals surface area contributed by atoms with Crippen LogP contribution in [0.1, 0.15) is 9.67 Å². The van der Waals surface area contributed by atoms with Gasteiger partial charge in [-0.15, -0.1) is 11.3 Å². The van der Waals surface area contributed by atoms with E-state index in [1.54, 1.807) is 0 Å².